The normalized spacial score (nSPS) is 26.2. The Balaban J connectivity index is 2.27. The Morgan fingerprint density at radius 1 is 1.33 bits per heavy atom. The summed E-state index contributed by atoms with van der Waals surface area (Å²) in [6.07, 6.45) is 0.884. The highest BCUT2D eigenvalue weighted by Crippen LogP contribution is 2.29. The lowest BCUT2D eigenvalue weighted by Crippen LogP contribution is -2.15. The Morgan fingerprint density at radius 3 is 2.50 bits per heavy atom. The average molecular weight is 159 g/mol. The number of benzene rings is 1. The molecule has 0 aromatic heterocycles. The third kappa shape index (κ3) is 0.961. The molecule has 1 aromatic rings. The van der Waals surface area contributed by atoms with E-state index in [0.717, 1.165) is 17.6 Å². The number of rotatable bonds is 2. The van der Waals surface area contributed by atoms with Crippen molar-refractivity contribution in [1.82, 2.24) is 0 Å². The fraction of sp³-hybridized carbons (Fsp3) is 0.200. The number of aldehydes is 1. The highest BCUT2D eigenvalue weighted by molar-refractivity contribution is 6.25. The van der Waals surface area contributed by atoms with Crippen LogP contribution in [0.4, 0.5) is 0 Å². The first kappa shape index (κ1) is 7.22. The molecule has 0 saturated heterocycles. The van der Waals surface area contributed by atoms with Crippen LogP contribution in [0.25, 0.3) is 0 Å². The number of carbonyl (C=O) groups excluding carboxylic acids is 1. The van der Waals surface area contributed by atoms with E-state index in [1.54, 1.807) is 0 Å². The maximum atomic E-state index is 10.6. The van der Waals surface area contributed by atoms with Gasteiger partial charge >= 0.3 is 0 Å². The predicted octanol–water partition coefficient (Wildman–Crippen LogP) is 1.45. The molecule has 1 aliphatic rings. The molecule has 2 heteroatoms. The molecular formula is C10H9NO. The van der Waals surface area contributed by atoms with Gasteiger partial charge < -0.3 is 4.79 Å². The summed E-state index contributed by atoms with van der Waals surface area (Å²) in [5.41, 5.74) is 1.42. The molecule has 0 saturated carbocycles. The smallest absolute Gasteiger partial charge is 0.155 e. The summed E-state index contributed by atoms with van der Waals surface area (Å²) < 4.78 is 0. The minimum atomic E-state index is -0.526. The van der Waals surface area contributed by atoms with Gasteiger partial charge in [-0.1, -0.05) is 30.3 Å². The van der Waals surface area contributed by atoms with Crippen LogP contribution in [-0.4, -0.2) is 17.5 Å². The van der Waals surface area contributed by atoms with Crippen molar-refractivity contribution in [3.8, 4) is 0 Å². The minimum Gasteiger partial charge on any atom is -0.300 e. The Kier molecular flexibility index (Phi) is 1.37. The number of nitrogens with zero attached hydrogens (tertiary/aromatic N) is 1. The van der Waals surface area contributed by atoms with Gasteiger partial charge in [0.15, 0.2) is 11.8 Å². The first-order valence-corrected chi connectivity index (χ1v) is 3.88. The number of hydrogen-bond acceptors (Lipinski definition) is 2. The molecule has 1 aromatic carbocycles. The fourth-order valence-electron chi connectivity index (χ4n) is 1.24. The van der Waals surface area contributed by atoms with Crippen molar-refractivity contribution in [2.24, 2.45) is 4.99 Å². The maximum Gasteiger partial charge on any atom is 0.155 e. The molecule has 1 aliphatic heterocycles. The average Bonchev–Trinajstić information content (AvgIpc) is 2.81. The summed E-state index contributed by atoms with van der Waals surface area (Å²) in [5.74, 6) is 0. The van der Waals surface area contributed by atoms with Crippen LogP contribution in [0.3, 0.4) is 0 Å². The number of hydrogen-bond donors (Lipinski definition) is 0. The van der Waals surface area contributed by atoms with Crippen LogP contribution >= 0.6 is 0 Å². The van der Waals surface area contributed by atoms with Crippen LogP contribution < -0.4 is 0 Å². The van der Waals surface area contributed by atoms with Crippen molar-refractivity contribution in [1.29, 1.82) is 0 Å². The van der Waals surface area contributed by atoms with Crippen LogP contribution in [0.1, 0.15) is 12.5 Å². The van der Waals surface area contributed by atoms with Crippen LogP contribution in [0.15, 0.2) is 35.3 Å². The molecule has 0 fully saturated rings. The van der Waals surface area contributed by atoms with E-state index >= 15 is 0 Å². The van der Waals surface area contributed by atoms with Gasteiger partial charge in [0.1, 0.15) is 0 Å². The van der Waals surface area contributed by atoms with Gasteiger partial charge in [-0.25, -0.2) is 0 Å². The van der Waals surface area contributed by atoms with Crippen LogP contribution in [0, 0.1) is 0 Å². The molecule has 12 heavy (non-hydrogen) atoms. The second kappa shape index (κ2) is 2.27. The molecular weight excluding hydrogens is 150 g/mol. The van der Waals surface area contributed by atoms with E-state index in [2.05, 4.69) is 4.99 Å². The van der Waals surface area contributed by atoms with Gasteiger partial charge in [-0.05, 0) is 12.5 Å². The van der Waals surface area contributed by atoms with E-state index in [-0.39, 0.29) is 0 Å². The summed E-state index contributed by atoms with van der Waals surface area (Å²) in [5, 5.41) is 0. The van der Waals surface area contributed by atoms with Crippen molar-refractivity contribution in [3.05, 3.63) is 35.9 Å². The molecule has 60 valence electrons. The van der Waals surface area contributed by atoms with Gasteiger partial charge in [-0.15, -0.1) is 0 Å². The van der Waals surface area contributed by atoms with Gasteiger partial charge in [0.25, 0.3) is 0 Å². The van der Waals surface area contributed by atoms with Gasteiger partial charge in [-0.3, -0.25) is 4.99 Å². The van der Waals surface area contributed by atoms with Crippen LogP contribution in [-0.2, 0) is 4.79 Å². The van der Waals surface area contributed by atoms with Crippen molar-refractivity contribution < 1.29 is 4.79 Å². The number of carbonyl (C=O) groups is 1. The minimum absolute atomic E-state index is 0.526. The lowest BCUT2D eigenvalue weighted by molar-refractivity contribution is -0.109. The summed E-state index contributed by atoms with van der Waals surface area (Å²) in [4.78, 5) is 14.7. The Morgan fingerprint density at radius 2 is 2.00 bits per heavy atom. The second-order valence-electron chi connectivity index (χ2n) is 3.09. The molecule has 0 aliphatic carbocycles. The van der Waals surface area contributed by atoms with E-state index < -0.39 is 5.54 Å². The zero-order chi connectivity index (χ0) is 8.60. The molecule has 0 bridgehead atoms. The topological polar surface area (TPSA) is 29.4 Å². The van der Waals surface area contributed by atoms with Crippen molar-refractivity contribution in [2.45, 2.75) is 12.5 Å². The van der Waals surface area contributed by atoms with Crippen molar-refractivity contribution in [2.75, 3.05) is 0 Å². The summed E-state index contributed by atoms with van der Waals surface area (Å²) >= 11 is 0. The highest BCUT2D eigenvalue weighted by Gasteiger charge is 2.42. The van der Waals surface area contributed by atoms with E-state index in [1.165, 1.54) is 0 Å². The molecule has 1 atom stereocenters. The van der Waals surface area contributed by atoms with Gasteiger partial charge in [0.05, 0.1) is 5.71 Å². The van der Waals surface area contributed by atoms with Gasteiger partial charge in [0, 0.05) is 0 Å². The highest BCUT2D eigenvalue weighted by atomic mass is 16.1. The quantitative estimate of drug-likeness (QED) is 0.600. The number of aliphatic imine (C=N–C) groups is 1. The van der Waals surface area contributed by atoms with Gasteiger partial charge in [0.2, 0.25) is 0 Å². The maximum absolute atomic E-state index is 10.6. The Bertz CT molecular complexity index is 342. The Labute approximate surface area is 70.9 Å². The van der Waals surface area contributed by atoms with Crippen molar-refractivity contribution in [3.63, 3.8) is 0 Å². The molecule has 2 rings (SSSR count). The van der Waals surface area contributed by atoms with E-state index in [9.17, 15) is 4.79 Å². The molecule has 0 radical (unpaired) electrons. The largest absolute Gasteiger partial charge is 0.300 e. The van der Waals surface area contributed by atoms with Gasteiger partial charge in [-0.2, -0.15) is 0 Å². The SMILES string of the molecule is CC1(C=O)N=C1c1ccccc1. The first-order valence-electron chi connectivity index (χ1n) is 3.88. The molecule has 1 unspecified atom stereocenters. The molecule has 0 N–H and O–H groups in total. The zero-order valence-corrected chi connectivity index (χ0v) is 6.82. The summed E-state index contributed by atoms with van der Waals surface area (Å²) in [6, 6.07) is 9.77. The van der Waals surface area contributed by atoms with Crippen molar-refractivity contribution >= 4 is 12.0 Å². The van der Waals surface area contributed by atoms with E-state index in [0.29, 0.717) is 0 Å². The monoisotopic (exact) mass is 159 g/mol. The molecule has 1 heterocycles. The fourth-order valence-corrected chi connectivity index (χ4v) is 1.24. The molecule has 0 amide bonds. The Hall–Kier alpha value is -1.44. The third-order valence-electron chi connectivity index (χ3n) is 2.05. The van der Waals surface area contributed by atoms with Crippen LogP contribution in [0.5, 0.6) is 0 Å². The summed E-state index contributed by atoms with van der Waals surface area (Å²) in [7, 11) is 0. The first-order chi connectivity index (χ1) is 5.76. The van der Waals surface area contributed by atoms with E-state index in [4.69, 9.17) is 0 Å². The zero-order valence-electron chi connectivity index (χ0n) is 6.82. The standard InChI is InChI=1S/C10H9NO/c1-10(7-12)9(11-10)8-5-3-2-4-6-8/h2-7H,1H3. The predicted molar refractivity (Wildman–Crippen MR) is 47.4 cm³/mol. The second-order valence-corrected chi connectivity index (χ2v) is 3.09. The van der Waals surface area contributed by atoms with Crippen LogP contribution in [0.2, 0.25) is 0 Å². The molecule has 2 nitrogen and oxygen atoms in total. The lowest BCUT2D eigenvalue weighted by atomic mass is 10.0. The summed E-state index contributed by atoms with van der Waals surface area (Å²) in [6.45, 7) is 1.82. The lowest BCUT2D eigenvalue weighted by Gasteiger charge is -1.96. The van der Waals surface area contributed by atoms with E-state index in [1.807, 2.05) is 37.3 Å². The molecule has 0 spiro atoms. The third-order valence-corrected chi connectivity index (χ3v) is 2.05.